The lowest BCUT2D eigenvalue weighted by Crippen LogP contribution is -2.68. The van der Waals surface area contributed by atoms with E-state index in [4.69, 9.17) is 0 Å². The molecule has 24 heavy (non-hydrogen) atoms. The molecule has 2 atom stereocenters. The van der Waals surface area contributed by atoms with Gasteiger partial charge in [-0.05, 0) is 117 Å². The van der Waals surface area contributed by atoms with Crippen LogP contribution in [0.5, 0.6) is 0 Å². The maximum atomic E-state index is 4.45. The monoisotopic (exact) mass is 322 g/mol. The van der Waals surface area contributed by atoms with Crippen LogP contribution in [0.2, 0.25) is 0 Å². The van der Waals surface area contributed by atoms with E-state index < -0.39 is 0 Å². The van der Waals surface area contributed by atoms with Gasteiger partial charge in [-0.25, -0.2) is 0 Å². The highest BCUT2D eigenvalue weighted by Gasteiger charge is 2.72. The number of rotatable bonds is 3. The second-order valence-electron chi connectivity index (χ2n) is 11.2. The molecule has 0 saturated heterocycles. The summed E-state index contributed by atoms with van der Waals surface area (Å²) in [4.78, 5) is 0. The van der Waals surface area contributed by atoms with Crippen LogP contribution in [-0.4, -0.2) is 0 Å². The van der Waals surface area contributed by atoms with Crippen LogP contribution < -0.4 is 0 Å². The molecule has 8 bridgehead atoms. The molecule has 130 valence electrons. The van der Waals surface area contributed by atoms with E-state index in [1.807, 2.05) is 0 Å². The average molecular weight is 323 g/mol. The summed E-state index contributed by atoms with van der Waals surface area (Å²) in [6.45, 7) is 8.90. The molecule has 0 radical (unpaired) electrons. The lowest BCUT2D eigenvalue weighted by molar-refractivity contribution is -0.243. The average Bonchev–Trinajstić information content (AvgIpc) is 2.54. The van der Waals surface area contributed by atoms with Crippen molar-refractivity contribution < 1.29 is 0 Å². The third kappa shape index (κ3) is 1.46. The second kappa shape index (κ2) is 4.41. The SMILES string of the molecule is C=CC1(C=C)C2CC3CC(C2)CC1(C12CC4CC(CC(C4)C1)C2)C3. The Morgan fingerprint density at radius 3 is 1.42 bits per heavy atom. The van der Waals surface area contributed by atoms with Gasteiger partial charge in [-0.15, -0.1) is 13.2 Å². The predicted molar refractivity (Wildman–Crippen MR) is 99.4 cm³/mol. The molecular weight excluding hydrogens is 288 g/mol. The van der Waals surface area contributed by atoms with Crippen LogP contribution >= 0.6 is 0 Å². The first-order valence-electron chi connectivity index (χ1n) is 10.9. The zero-order valence-corrected chi connectivity index (χ0v) is 15.3. The van der Waals surface area contributed by atoms with Gasteiger partial charge in [0.2, 0.25) is 0 Å². The lowest BCUT2D eigenvalue weighted by Gasteiger charge is -2.75. The third-order valence-corrected chi connectivity index (χ3v) is 10.4. The first kappa shape index (κ1) is 14.6. The Bertz CT molecular complexity index is 538. The normalized spacial score (nSPS) is 58.8. The van der Waals surface area contributed by atoms with Crippen molar-refractivity contribution in [2.45, 2.75) is 70.6 Å². The second-order valence-corrected chi connectivity index (χ2v) is 11.2. The fourth-order valence-corrected chi connectivity index (χ4v) is 10.5. The molecule has 8 aliphatic carbocycles. The summed E-state index contributed by atoms with van der Waals surface area (Å²) in [5.41, 5.74) is 1.44. The zero-order valence-electron chi connectivity index (χ0n) is 15.3. The minimum absolute atomic E-state index is 0.256. The number of allylic oxidation sites excluding steroid dienone is 2. The van der Waals surface area contributed by atoms with Gasteiger partial charge < -0.3 is 0 Å². The Morgan fingerprint density at radius 2 is 1.00 bits per heavy atom. The fourth-order valence-electron chi connectivity index (χ4n) is 10.5. The van der Waals surface area contributed by atoms with Gasteiger partial charge in [0.15, 0.2) is 0 Å². The van der Waals surface area contributed by atoms with Gasteiger partial charge in [-0.2, -0.15) is 0 Å². The molecule has 0 amide bonds. The molecule has 0 aromatic carbocycles. The van der Waals surface area contributed by atoms with Crippen LogP contribution in [0.1, 0.15) is 70.6 Å². The van der Waals surface area contributed by atoms with Crippen molar-refractivity contribution in [2.75, 3.05) is 0 Å². The molecule has 0 nitrogen and oxygen atoms in total. The van der Waals surface area contributed by atoms with Gasteiger partial charge in [0.05, 0.1) is 0 Å². The highest BCUT2D eigenvalue weighted by molar-refractivity contribution is 5.30. The van der Waals surface area contributed by atoms with Crippen LogP contribution in [0.3, 0.4) is 0 Å². The summed E-state index contributed by atoms with van der Waals surface area (Å²) < 4.78 is 0. The van der Waals surface area contributed by atoms with Crippen molar-refractivity contribution in [3.05, 3.63) is 25.3 Å². The smallest absolute Gasteiger partial charge is 0.0146 e. The highest BCUT2D eigenvalue weighted by atomic mass is 14.8. The molecule has 0 aromatic rings. The molecule has 2 unspecified atom stereocenters. The number of hydrogen-bond donors (Lipinski definition) is 0. The van der Waals surface area contributed by atoms with Gasteiger partial charge in [-0.1, -0.05) is 12.2 Å². The minimum atomic E-state index is 0.256. The summed E-state index contributed by atoms with van der Waals surface area (Å²) in [5, 5.41) is 0. The number of hydrogen-bond acceptors (Lipinski definition) is 0. The summed E-state index contributed by atoms with van der Waals surface area (Å²) in [7, 11) is 0. The molecule has 0 spiro atoms. The largest absolute Gasteiger partial charge is 0.102 e. The van der Waals surface area contributed by atoms with Gasteiger partial charge in [0.1, 0.15) is 0 Å². The van der Waals surface area contributed by atoms with Crippen molar-refractivity contribution >= 4 is 0 Å². The van der Waals surface area contributed by atoms with E-state index in [9.17, 15) is 0 Å². The highest BCUT2D eigenvalue weighted by Crippen LogP contribution is 2.80. The third-order valence-electron chi connectivity index (χ3n) is 10.4. The molecule has 8 aliphatic rings. The van der Waals surface area contributed by atoms with Gasteiger partial charge in [0.25, 0.3) is 0 Å². The maximum Gasteiger partial charge on any atom is 0.0146 e. The van der Waals surface area contributed by atoms with Crippen LogP contribution in [0.4, 0.5) is 0 Å². The molecule has 0 heteroatoms. The molecule has 8 saturated carbocycles. The van der Waals surface area contributed by atoms with E-state index in [0.29, 0.717) is 10.8 Å². The molecular formula is C24H34. The summed E-state index contributed by atoms with van der Waals surface area (Å²) in [6.07, 6.45) is 21.8. The van der Waals surface area contributed by atoms with Crippen molar-refractivity contribution in [3.63, 3.8) is 0 Å². The van der Waals surface area contributed by atoms with E-state index in [0.717, 1.165) is 35.5 Å². The van der Waals surface area contributed by atoms with Crippen molar-refractivity contribution in [1.29, 1.82) is 0 Å². The van der Waals surface area contributed by atoms with Crippen molar-refractivity contribution in [3.8, 4) is 0 Å². The van der Waals surface area contributed by atoms with Gasteiger partial charge in [0, 0.05) is 5.41 Å². The lowest BCUT2D eigenvalue weighted by atomic mass is 9.28. The van der Waals surface area contributed by atoms with Crippen molar-refractivity contribution in [1.82, 2.24) is 0 Å². The minimum Gasteiger partial charge on any atom is -0.102 e. The quantitative estimate of drug-likeness (QED) is 0.528. The van der Waals surface area contributed by atoms with Crippen LogP contribution in [-0.2, 0) is 0 Å². The molecule has 0 N–H and O–H groups in total. The van der Waals surface area contributed by atoms with Gasteiger partial charge in [-0.3, -0.25) is 0 Å². The molecule has 0 heterocycles. The predicted octanol–water partition coefficient (Wildman–Crippen LogP) is 6.39. The van der Waals surface area contributed by atoms with Crippen molar-refractivity contribution in [2.24, 2.45) is 51.8 Å². The topological polar surface area (TPSA) is 0 Å². The molecule has 0 aromatic heterocycles. The fraction of sp³-hybridized carbons (Fsp3) is 0.833. The Kier molecular flexibility index (Phi) is 2.69. The van der Waals surface area contributed by atoms with E-state index in [-0.39, 0.29) is 5.41 Å². The van der Waals surface area contributed by atoms with Crippen LogP contribution in [0.25, 0.3) is 0 Å². The van der Waals surface area contributed by atoms with Gasteiger partial charge >= 0.3 is 0 Å². The Hall–Kier alpha value is -0.520. The Labute approximate surface area is 148 Å². The molecule has 0 aliphatic heterocycles. The summed E-state index contributed by atoms with van der Waals surface area (Å²) >= 11 is 0. The maximum absolute atomic E-state index is 4.45. The van der Waals surface area contributed by atoms with Crippen LogP contribution in [0.15, 0.2) is 25.3 Å². The van der Waals surface area contributed by atoms with E-state index in [1.54, 1.807) is 44.9 Å². The van der Waals surface area contributed by atoms with Crippen LogP contribution in [0, 0.1) is 51.8 Å². The zero-order chi connectivity index (χ0) is 16.2. The Balaban J connectivity index is 1.54. The summed E-state index contributed by atoms with van der Waals surface area (Å²) in [5.74, 6) is 6.13. The molecule has 8 fully saturated rings. The summed E-state index contributed by atoms with van der Waals surface area (Å²) in [6, 6.07) is 0. The first-order chi connectivity index (χ1) is 11.6. The van der Waals surface area contributed by atoms with E-state index >= 15 is 0 Å². The first-order valence-corrected chi connectivity index (χ1v) is 10.9. The standard InChI is InChI=1S/C24H34/c1-3-23(4-2)21-9-19-8-20(10-21)15-24(23,14-19)22-11-16-5-17(12-22)7-18(6-16)13-22/h3-4,16-21H,1-2,5-15H2. The molecule has 8 rings (SSSR count). The van der Waals surface area contributed by atoms with E-state index in [1.165, 1.54) is 25.7 Å². The Morgan fingerprint density at radius 1 is 0.583 bits per heavy atom. The van der Waals surface area contributed by atoms with E-state index in [2.05, 4.69) is 25.3 Å².